The van der Waals surface area contributed by atoms with Crippen LogP contribution in [0.4, 0.5) is 0 Å². The number of para-hydroxylation sites is 2. The van der Waals surface area contributed by atoms with Crippen molar-refractivity contribution in [3.63, 3.8) is 0 Å². The molecule has 8 nitrogen and oxygen atoms in total. The zero-order chi connectivity index (χ0) is 18.8. The van der Waals surface area contributed by atoms with Crippen molar-refractivity contribution in [2.24, 2.45) is 10.2 Å². The molecule has 2 aromatic heterocycles. The number of fused-ring (bicyclic) bond motifs is 2. The Kier molecular flexibility index (Phi) is 3.91. The van der Waals surface area contributed by atoms with Crippen molar-refractivity contribution in [2.75, 3.05) is 0 Å². The molecule has 0 N–H and O–H groups in total. The van der Waals surface area contributed by atoms with Crippen LogP contribution in [0.5, 0.6) is 0 Å². The average molecular weight is 366 g/mol. The Labute approximate surface area is 159 Å². The lowest BCUT2D eigenvalue weighted by Crippen LogP contribution is -1.95. The molecule has 0 amide bonds. The summed E-state index contributed by atoms with van der Waals surface area (Å²) < 4.78 is 0. The van der Waals surface area contributed by atoms with Crippen LogP contribution in [-0.4, -0.2) is 42.6 Å². The minimum absolute atomic E-state index is 0.806. The Hall–Kier alpha value is -4.20. The van der Waals surface area contributed by atoms with Gasteiger partial charge in [0.05, 0.1) is 12.4 Å². The normalized spacial score (nSPS) is 12.0. The van der Waals surface area contributed by atoms with Crippen LogP contribution in [0, 0.1) is 0 Å². The van der Waals surface area contributed by atoms with E-state index < -0.39 is 0 Å². The van der Waals surface area contributed by atoms with Crippen molar-refractivity contribution in [1.29, 1.82) is 0 Å². The van der Waals surface area contributed by atoms with E-state index in [4.69, 9.17) is 0 Å². The van der Waals surface area contributed by atoms with E-state index in [1.54, 1.807) is 12.4 Å². The van der Waals surface area contributed by atoms with Crippen molar-refractivity contribution in [3.8, 4) is 0 Å². The number of aromatic nitrogens is 6. The average Bonchev–Trinajstić information content (AvgIpc) is 3.35. The van der Waals surface area contributed by atoms with Crippen LogP contribution in [0.15, 0.2) is 83.0 Å². The molecule has 5 rings (SSSR count). The fourth-order valence-corrected chi connectivity index (χ4v) is 2.85. The van der Waals surface area contributed by atoms with Gasteiger partial charge in [-0.1, -0.05) is 42.5 Å². The van der Waals surface area contributed by atoms with Gasteiger partial charge in [0.1, 0.15) is 22.1 Å². The molecule has 0 bridgehead atoms. The SMILES string of the molecule is C(=N\n1nnc2ccccc21)/c1cccc(/C=N/n2nnc3ccccc32)c1. The summed E-state index contributed by atoms with van der Waals surface area (Å²) in [6, 6.07) is 23.2. The topological polar surface area (TPSA) is 86.1 Å². The Morgan fingerprint density at radius 2 is 1.11 bits per heavy atom. The molecule has 0 aliphatic rings. The van der Waals surface area contributed by atoms with Crippen LogP contribution in [0.2, 0.25) is 0 Å². The zero-order valence-electron chi connectivity index (χ0n) is 14.7. The fourth-order valence-electron chi connectivity index (χ4n) is 2.85. The number of hydrogen-bond donors (Lipinski definition) is 0. The van der Waals surface area contributed by atoms with Crippen LogP contribution >= 0.6 is 0 Å². The first kappa shape index (κ1) is 16.0. The van der Waals surface area contributed by atoms with E-state index in [-0.39, 0.29) is 0 Å². The van der Waals surface area contributed by atoms with Gasteiger partial charge in [-0.15, -0.1) is 19.8 Å². The molecular formula is C20H14N8. The smallest absolute Gasteiger partial charge is 0.115 e. The van der Waals surface area contributed by atoms with Crippen LogP contribution < -0.4 is 0 Å². The fraction of sp³-hybridized carbons (Fsp3) is 0. The largest absolute Gasteiger partial charge is 0.156 e. The Morgan fingerprint density at radius 1 is 0.607 bits per heavy atom. The van der Waals surface area contributed by atoms with Crippen molar-refractivity contribution in [2.45, 2.75) is 0 Å². The molecule has 5 aromatic rings. The third-order valence-electron chi connectivity index (χ3n) is 4.21. The van der Waals surface area contributed by atoms with Gasteiger partial charge in [0, 0.05) is 0 Å². The van der Waals surface area contributed by atoms with Gasteiger partial charge in [0.2, 0.25) is 0 Å². The minimum Gasteiger partial charge on any atom is -0.156 e. The molecule has 0 spiro atoms. The second-order valence-corrected chi connectivity index (χ2v) is 6.09. The Balaban J connectivity index is 1.40. The molecule has 0 aliphatic heterocycles. The van der Waals surface area contributed by atoms with E-state index in [1.807, 2.05) is 72.8 Å². The highest BCUT2D eigenvalue weighted by Crippen LogP contribution is 2.11. The molecular weight excluding hydrogens is 352 g/mol. The van der Waals surface area contributed by atoms with Crippen molar-refractivity contribution >= 4 is 34.5 Å². The summed E-state index contributed by atoms with van der Waals surface area (Å²) in [6.07, 6.45) is 3.48. The van der Waals surface area contributed by atoms with Crippen molar-refractivity contribution in [3.05, 3.63) is 83.9 Å². The first-order chi connectivity index (χ1) is 13.9. The molecule has 2 heterocycles. The second-order valence-electron chi connectivity index (χ2n) is 6.09. The highest BCUT2D eigenvalue weighted by Gasteiger charge is 2.02. The van der Waals surface area contributed by atoms with Crippen LogP contribution in [-0.2, 0) is 0 Å². The Morgan fingerprint density at radius 3 is 1.64 bits per heavy atom. The van der Waals surface area contributed by atoms with Crippen molar-refractivity contribution in [1.82, 2.24) is 30.2 Å². The summed E-state index contributed by atoms with van der Waals surface area (Å²) in [5.41, 5.74) is 5.17. The van der Waals surface area contributed by atoms with Gasteiger partial charge in [-0.05, 0) is 51.9 Å². The highest BCUT2D eigenvalue weighted by molar-refractivity contribution is 5.86. The van der Waals surface area contributed by atoms with Crippen LogP contribution in [0.25, 0.3) is 22.1 Å². The summed E-state index contributed by atoms with van der Waals surface area (Å²) in [5.74, 6) is 0. The predicted octanol–water partition coefficient (Wildman–Crippen LogP) is 2.94. The number of hydrogen-bond acceptors (Lipinski definition) is 6. The van der Waals surface area contributed by atoms with Crippen LogP contribution in [0.1, 0.15) is 11.1 Å². The quantitative estimate of drug-likeness (QED) is 0.458. The molecule has 28 heavy (non-hydrogen) atoms. The maximum absolute atomic E-state index is 4.40. The van der Waals surface area contributed by atoms with E-state index in [0.717, 1.165) is 33.2 Å². The lowest BCUT2D eigenvalue weighted by Gasteiger charge is -1.97. The zero-order valence-corrected chi connectivity index (χ0v) is 14.7. The molecule has 0 aliphatic carbocycles. The first-order valence-corrected chi connectivity index (χ1v) is 8.66. The van der Waals surface area contributed by atoms with Gasteiger partial charge in [-0.2, -0.15) is 10.2 Å². The van der Waals surface area contributed by atoms with E-state index in [1.165, 1.54) is 9.58 Å². The standard InChI is InChI=1S/C20H14N8/c1-3-10-19-17(8-1)23-25-27(19)21-13-15-6-5-7-16(12-15)14-22-28-20-11-4-2-9-18(20)24-26-28/h1-14H/b21-13+,22-14+. The monoisotopic (exact) mass is 366 g/mol. The second kappa shape index (κ2) is 6.84. The molecule has 8 heteroatoms. The molecule has 0 fully saturated rings. The van der Waals surface area contributed by atoms with E-state index in [2.05, 4.69) is 30.8 Å². The van der Waals surface area contributed by atoms with Gasteiger partial charge >= 0.3 is 0 Å². The highest BCUT2D eigenvalue weighted by atomic mass is 15.6. The maximum atomic E-state index is 4.40. The molecule has 3 aromatic carbocycles. The van der Waals surface area contributed by atoms with Gasteiger partial charge in [0.25, 0.3) is 0 Å². The van der Waals surface area contributed by atoms with Gasteiger partial charge < -0.3 is 0 Å². The number of rotatable bonds is 4. The summed E-state index contributed by atoms with van der Waals surface area (Å²) in [7, 11) is 0. The number of nitrogens with zero attached hydrogens (tertiary/aromatic N) is 8. The Bertz CT molecular complexity index is 1230. The third-order valence-corrected chi connectivity index (χ3v) is 4.21. The first-order valence-electron chi connectivity index (χ1n) is 8.66. The summed E-state index contributed by atoms with van der Waals surface area (Å²) in [4.78, 5) is 3.02. The molecule has 0 radical (unpaired) electrons. The predicted molar refractivity (Wildman–Crippen MR) is 107 cm³/mol. The lowest BCUT2D eigenvalue weighted by atomic mass is 10.1. The van der Waals surface area contributed by atoms with Gasteiger partial charge in [0.15, 0.2) is 0 Å². The molecule has 134 valence electrons. The maximum Gasteiger partial charge on any atom is 0.115 e. The molecule has 0 atom stereocenters. The summed E-state index contributed by atoms with van der Waals surface area (Å²) in [5, 5.41) is 25.1. The van der Waals surface area contributed by atoms with E-state index >= 15 is 0 Å². The summed E-state index contributed by atoms with van der Waals surface area (Å²) >= 11 is 0. The summed E-state index contributed by atoms with van der Waals surface area (Å²) in [6.45, 7) is 0. The third kappa shape index (κ3) is 3.03. The molecule has 0 saturated heterocycles. The van der Waals surface area contributed by atoms with Gasteiger partial charge in [-0.25, -0.2) is 0 Å². The van der Waals surface area contributed by atoms with Crippen molar-refractivity contribution < 1.29 is 0 Å². The van der Waals surface area contributed by atoms with Gasteiger partial charge in [-0.3, -0.25) is 0 Å². The number of benzene rings is 3. The van der Waals surface area contributed by atoms with Crippen LogP contribution in [0.3, 0.4) is 0 Å². The molecule has 0 saturated carbocycles. The van der Waals surface area contributed by atoms with E-state index in [9.17, 15) is 0 Å². The lowest BCUT2D eigenvalue weighted by molar-refractivity contribution is 0.718. The molecule has 0 unspecified atom stereocenters. The minimum atomic E-state index is 0.806. The van der Waals surface area contributed by atoms with E-state index in [0.29, 0.717) is 0 Å².